The minimum atomic E-state index is 0.302. The van der Waals surface area contributed by atoms with E-state index < -0.39 is 0 Å². The van der Waals surface area contributed by atoms with Crippen LogP contribution in [-0.4, -0.2) is 73.5 Å². The predicted octanol–water partition coefficient (Wildman–Crippen LogP) is 0.881. The minimum absolute atomic E-state index is 0.302. The van der Waals surface area contributed by atoms with Crippen LogP contribution in [0.4, 0.5) is 0 Å². The number of hydrogen-bond donors (Lipinski definition) is 0. The standard InChI is InChI=1S/C14H27N3O/c1-12-9-16(4)10-13(18)17(12)11-14(2)5-7-15(3)8-6-14/h12H,5-11H2,1-4H3. The lowest BCUT2D eigenvalue weighted by Crippen LogP contribution is -2.57. The highest BCUT2D eigenvalue weighted by Gasteiger charge is 2.36. The molecule has 0 aromatic rings. The summed E-state index contributed by atoms with van der Waals surface area (Å²) < 4.78 is 0. The average Bonchev–Trinajstić information content (AvgIpc) is 2.28. The van der Waals surface area contributed by atoms with E-state index in [1.807, 2.05) is 7.05 Å². The molecular weight excluding hydrogens is 226 g/mol. The highest BCUT2D eigenvalue weighted by molar-refractivity contribution is 5.79. The molecule has 104 valence electrons. The molecule has 2 heterocycles. The van der Waals surface area contributed by atoms with E-state index in [0.717, 1.165) is 26.2 Å². The third-order valence-electron chi connectivity index (χ3n) is 4.58. The third-order valence-corrected chi connectivity index (χ3v) is 4.58. The van der Waals surface area contributed by atoms with Crippen molar-refractivity contribution in [2.45, 2.75) is 32.7 Å². The second kappa shape index (κ2) is 5.17. The van der Waals surface area contributed by atoms with Crippen molar-refractivity contribution in [2.75, 3.05) is 46.8 Å². The number of carbonyl (C=O) groups is 1. The summed E-state index contributed by atoms with van der Waals surface area (Å²) in [5.74, 6) is 0.302. The number of amides is 1. The van der Waals surface area contributed by atoms with Crippen LogP contribution in [0.15, 0.2) is 0 Å². The van der Waals surface area contributed by atoms with Gasteiger partial charge in [0, 0.05) is 19.1 Å². The Kier molecular flexibility index (Phi) is 3.97. The summed E-state index contributed by atoms with van der Waals surface area (Å²) in [6.07, 6.45) is 2.41. The van der Waals surface area contributed by atoms with E-state index in [-0.39, 0.29) is 0 Å². The van der Waals surface area contributed by atoms with E-state index in [0.29, 0.717) is 23.9 Å². The number of carbonyl (C=O) groups excluding carboxylic acids is 1. The summed E-state index contributed by atoms with van der Waals surface area (Å²) in [4.78, 5) is 18.8. The van der Waals surface area contributed by atoms with E-state index in [1.54, 1.807) is 0 Å². The third kappa shape index (κ3) is 3.04. The Bertz CT molecular complexity index is 310. The smallest absolute Gasteiger partial charge is 0.237 e. The molecule has 1 unspecified atom stereocenters. The lowest BCUT2D eigenvalue weighted by molar-refractivity contribution is -0.141. The van der Waals surface area contributed by atoms with Crippen LogP contribution in [0, 0.1) is 5.41 Å². The zero-order valence-corrected chi connectivity index (χ0v) is 12.3. The molecule has 2 fully saturated rings. The van der Waals surface area contributed by atoms with Crippen molar-refractivity contribution < 1.29 is 4.79 Å². The van der Waals surface area contributed by atoms with Crippen molar-refractivity contribution in [3.8, 4) is 0 Å². The first-order valence-corrected chi connectivity index (χ1v) is 7.06. The first kappa shape index (κ1) is 13.8. The highest BCUT2D eigenvalue weighted by Crippen LogP contribution is 2.32. The molecule has 0 bridgehead atoms. The number of rotatable bonds is 2. The second-order valence-corrected chi connectivity index (χ2v) is 6.68. The van der Waals surface area contributed by atoms with Gasteiger partial charge in [-0.3, -0.25) is 9.69 Å². The lowest BCUT2D eigenvalue weighted by atomic mass is 9.79. The SMILES string of the molecule is CC1CN(C)CC(=O)N1CC1(C)CCN(C)CC1. The molecule has 18 heavy (non-hydrogen) atoms. The predicted molar refractivity (Wildman–Crippen MR) is 73.5 cm³/mol. The molecule has 1 atom stereocenters. The largest absolute Gasteiger partial charge is 0.337 e. The quantitative estimate of drug-likeness (QED) is 0.731. The first-order chi connectivity index (χ1) is 8.39. The fourth-order valence-electron chi connectivity index (χ4n) is 3.15. The van der Waals surface area contributed by atoms with Gasteiger partial charge in [0.2, 0.25) is 5.91 Å². The van der Waals surface area contributed by atoms with Crippen molar-refractivity contribution in [2.24, 2.45) is 5.41 Å². The molecule has 2 aliphatic heterocycles. The van der Waals surface area contributed by atoms with Crippen molar-refractivity contribution in [1.29, 1.82) is 0 Å². The van der Waals surface area contributed by atoms with Crippen molar-refractivity contribution in [3.63, 3.8) is 0 Å². The van der Waals surface area contributed by atoms with Crippen LogP contribution in [-0.2, 0) is 4.79 Å². The van der Waals surface area contributed by atoms with Gasteiger partial charge >= 0.3 is 0 Å². The Balaban J connectivity index is 1.97. The number of hydrogen-bond acceptors (Lipinski definition) is 3. The average molecular weight is 253 g/mol. The van der Waals surface area contributed by atoms with E-state index in [9.17, 15) is 4.79 Å². The van der Waals surface area contributed by atoms with Crippen molar-refractivity contribution in [1.82, 2.24) is 14.7 Å². The van der Waals surface area contributed by atoms with Gasteiger partial charge in [-0.2, -0.15) is 0 Å². The maximum absolute atomic E-state index is 12.2. The van der Waals surface area contributed by atoms with Gasteiger partial charge in [0.25, 0.3) is 0 Å². The van der Waals surface area contributed by atoms with Crippen LogP contribution in [0.25, 0.3) is 0 Å². The Morgan fingerprint density at radius 1 is 1.22 bits per heavy atom. The van der Waals surface area contributed by atoms with Gasteiger partial charge in [0.15, 0.2) is 0 Å². The molecule has 0 radical (unpaired) electrons. The Hall–Kier alpha value is -0.610. The van der Waals surface area contributed by atoms with Gasteiger partial charge in [-0.05, 0) is 52.4 Å². The van der Waals surface area contributed by atoms with E-state index in [1.165, 1.54) is 12.8 Å². The lowest BCUT2D eigenvalue weighted by Gasteiger charge is -2.45. The normalized spacial score (nSPS) is 30.8. The highest BCUT2D eigenvalue weighted by atomic mass is 16.2. The number of nitrogens with zero attached hydrogens (tertiary/aromatic N) is 3. The molecule has 0 N–H and O–H groups in total. The zero-order chi connectivity index (χ0) is 13.3. The Labute approximate surface area is 111 Å². The molecule has 0 aromatic heterocycles. The Morgan fingerprint density at radius 3 is 2.39 bits per heavy atom. The molecule has 4 heteroatoms. The molecule has 0 spiro atoms. The van der Waals surface area contributed by atoms with Gasteiger partial charge in [-0.1, -0.05) is 6.92 Å². The van der Waals surface area contributed by atoms with E-state index >= 15 is 0 Å². The molecule has 1 amide bonds. The van der Waals surface area contributed by atoms with Gasteiger partial charge in [-0.25, -0.2) is 0 Å². The van der Waals surface area contributed by atoms with Crippen LogP contribution in [0.3, 0.4) is 0 Å². The van der Waals surface area contributed by atoms with Crippen LogP contribution >= 0.6 is 0 Å². The molecule has 4 nitrogen and oxygen atoms in total. The molecule has 0 saturated carbocycles. The van der Waals surface area contributed by atoms with Gasteiger partial charge in [0.05, 0.1) is 6.54 Å². The van der Waals surface area contributed by atoms with Gasteiger partial charge < -0.3 is 9.80 Å². The number of likely N-dealkylation sites (N-methyl/N-ethyl adjacent to an activating group) is 1. The van der Waals surface area contributed by atoms with E-state index in [4.69, 9.17) is 0 Å². The minimum Gasteiger partial charge on any atom is -0.337 e. The summed E-state index contributed by atoms with van der Waals surface area (Å²) in [5.41, 5.74) is 0.312. The van der Waals surface area contributed by atoms with Crippen LogP contribution < -0.4 is 0 Å². The van der Waals surface area contributed by atoms with Crippen molar-refractivity contribution in [3.05, 3.63) is 0 Å². The molecule has 2 aliphatic rings. The molecule has 0 aliphatic carbocycles. The number of piperidine rings is 1. The summed E-state index contributed by atoms with van der Waals surface area (Å²) in [7, 11) is 4.21. The zero-order valence-electron chi connectivity index (χ0n) is 12.3. The van der Waals surface area contributed by atoms with Gasteiger partial charge in [0.1, 0.15) is 0 Å². The van der Waals surface area contributed by atoms with Crippen molar-refractivity contribution >= 4 is 5.91 Å². The fourth-order valence-corrected chi connectivity index (χ4v) is 3.15. The second-order valence-electron chi connectivity index (χ2n) is 6.68. The van der Waals surface area contributed by atoms with Gasteiger partial charge in [-0.15, -0.1) is 0 Å². The number of likely N-dealkylation sites (tertiary alicyclic amines) is 1. The monoisotopic (exact) mass is 253 g/mol. The summed E-state index contributed by atoms with van der Waals surface area (Å²) in [6, 6.07) is 0.354. The van der Waals surface area contributed by atoms with Crippen LogP contribution in [0.2, 0.25) is 0 Å². The summed E-state index contributed by atoms with van der Waals surface area (Å²) in [5, 5.41) is 0. The first-order valence-electron chi connectivity index (χ1n) is 7.06. The molecule has 2 rings (SSSR count). The van der Waals surface area contributed by atoms with Crippen LogP contribution in [0.5, 0.6) is 0 Å². The summed E-state index contributed by atoms with van der Waals surface area (Å²) in [6.45, 7) is 9.36. The maximum atomic E-state index is 12.2. The molecular formula is C14H27N3O. The summed E-state index contributed by atoms with van der Waals surface area (Å²) >= 11 is 0. The topological polar surface area (TPSA) is 26.8 Å². The maximum Gasteiger partial charge on any atom is 0.237 e. The molecule has 2 saturated heterocycles. The van der Waals surface area contributed by atoms with Crippen LogP contribution in [0.1, 0.15) is 26.7 Å². The molecule has 0 aromatic carbocycles. The number of piperazine rings is 1. The van der Waals surface area contributed by atoms with E-state index in [2.05, 4.69) is 35.6 Å². The Morgan fingerprint density at radius 2 is 1.83 bits per heavy atom. The fraction of sp³-hybridized carbons (Fsp3) is 0.929.